The van der Waals surface area contributed by atoms with Crippen molar-refractivity contribution >= 4 is 22.8 Å². The number of halogens is 3. The first kappa shape index (κ1) is 33.7. The van der Waals surface area contributed by atoms with E-state index >= 15 is 0 Å². The molecule has 8 heteroatoms. The van der Waals surface area contributed by atoms with E-state index in [4.69, 9.17) is 0 Å². The molecule has 1 fully saturated rings. The third-order valence-corrected chi connectivity index (χ3v) is 7.59. The second-order valence-corrected chi connectivity index (χ2v) is 10.5. The van der Waals surface area contributed by atoms with Crippen LogP contribution in [-0.2, 0) is 12.6 Å². The molecule has 0 bridgehead atoms. The fourth-order valence-electron chi connectivity index (χ4n) is 4.20. The van der Waals surface area contributed by atoms with E-state index in [1.807, 2.05) is 18.7 Å². The van der Waals surface area contributed by atoms with E-state index in [9.17, 15) is 18.0 Å². The van der Waals surface area contributed by atoms with Gasteiger partial charge in [-0.05, 0) is 86.9 Å². The summed E-state index contributed by atoms with van der Waals surface area (Å²) in [5, 5.41) is 2.18. The maximum absolute atomic E-state index is 13.5. The summed E-state index contributed by atoms with van der Waals surface area (Å²) in [6.07, 6.45) is 6.35. The van der Waals surface area contributed by atoms with Crippen molar-refractivity contribution < 1.29 is 18.0 Å². The molecule has 0 aliphatic carbocycles. The summed E-state index contributed by atoms with van der Waals surface area (Å²) in [6.45, 7) is 18.7. The van der Waals surface area contributed by atoms with Gasteiger partial charge in [-0.2, -0.15) is 13.2 Å². The van der Waals surface area contributed by atoms with E-state index in [0.717, 1.165) is 42.0 Å². The van der Waals surface area contributed by atoms with Crippen molar-refractivity contribution in [3.05, 3.63) is 113 Å². The highest BCUT2D eigenvalue weighted by Crippen LogP contribution is 2.32. The number of nitrogens with zero attached hydrogens (tertiary/aromatic N) is 3. The van der Waals surface area contributed by atoms with E-state index in [0.29, 0.717) is 42.2 Å². The maximum atomic E-state index is 13.5. The average Bonchev–Trinajstić information content (AvgIpc) is 3.18. The maximum Gasteiger partial charge on any atom is 0.416 e. The number of aliphatic imine (C=N–C) groups is 1. The van der Waals surface area contributed by atoms with Crippen LogP contribution >= 0.6 is 11.8 Å². The Morgan fingerprint density at radius 3 is 2.56 bits per heavy atom. The first-order valence-electron chi connectivity index (χ1n) is 13.6. The number of likely N-dealkylation sites (tertiary alicyclic amines) is 1. The smallest absolute Gasteiger partial charge is 0.324 e. The van der Waals surface area contributed by atoms with Crippen molar-refractivity contribution in [2.45, 2.75) is 59.1 Å². The highest BCUT2D eigenvalue weighted by Gasteiger charge is 2.31. The summed E-state index contributed by atoms with van der Waals surface area (Å²) in [5.41, 5.74) is 6.89. The Balaban J connectivity index is 2.23. The van der Waals surface area contributed by atoms with Gasteiger partial charge in [0.15, 0.2) is 0 Å². The molecule has 4 nitrogen and oxygen atoms in total. The van der Waals surface area contributed by atoms with Crippen LogP contribution in [0.3, 0.4) is 0 Å². The van der Waals surface area contributed by atoms with E-state index in [-0.39, 0.29) is 6.03 Å². The molecule has 1 heterocycles. The molecule has 220 valence electrons. The number of carbonyl (C=O) groups excluding carboxylic acids is 1. The molecule has 1 aliphatic heterocycles. The lowest BCUT2D eigenvalue weighted by Gasteiger charge is -2.27. The highest BCUT2D eigenvalue weighted by molar-refractivity contribution is 8.16. The zero-order chi connectivity index (χ0) is 30.6. The predicted octanol–water partition coefficient (Wildman–Crippen LogP) is 9.45. The van der Waals surface area contributed by atoms with Gasteiger partial charge in [-0.15, -0.1) is 5.73 Å². The molecule has 0 N–H and O–H groups in total. The molecule has 1 saturated heterocycles. The largest absolute Gasteiger partial charge is 0.416 e. The summed E-state index contributed by atoms with van der Waals surface area (Å²) < 4.78 is 40.5. The number of carbonyl (C=O) groups is 1. The molecule has 1 aromatic carbocycles. The molecule has 41 heavy (non-hydrogen) atoms. The number of amides is 2. The summed E-state index contributed by atoms with van der Waals surface area (Å²) in [5.74, 6) is 0. The Morgan fingerprint density at radius 1 is 1.22 bits per heavy atom. The second-order valence-electron chi connectivity index (χ2n) is 9.68. The van der Waals surface area contributed by atoms with E-state index < -0.39 is 11.7 Å². The van der Waals surface area contributed by atoms with Crippen molar-refractivity contribution in [1.82, 2.24) is 9.80 Å². The molecule has 2 rings (SSSR count). The molecule has 1 aliphatic rings. The molecule has 0 saturated carbocycles. The molecule has 0 aromatic heterocycles. The van der Waals surface area contributed by atoms with Gasteiger partial charge in [0, 0.05) is 43.0 Å². The van der Waals surface area contributed by atoms with Crippen LogP contribution in [0.5, 0.6) is 0 Å². The van der Waals surface area contributed by atoms with Gasteiger partial charge < -0.3 is 4.90 Å². The molecule has 0 atom stereocenters. The number of hydrogen-bond acceptors (Lipinski definition) is 3. The van der Waals surface area contributed by atoms with E-state index in [1.54, 1.807) is 37.7 Å². The van der Waals surface area contributed by atoms with Crippen LogP contribution < -0.4 is 0 Å². The minimum Gasteiger partial charge on any atom is -0.324 e. The van der Waals surface area contributed by atoms with Gasteiger partial charge in [0.2, 0.25) is 0 Å². The summed E-state index contributed by atoms with van der Waals surface area (Å²) in [4.78, 5) is 21.0. The van der Waals surface area contributed by atoms with Gasteiger partial charge in [-0.3, -0.25) is 9.89 Å². The standard InChI is InChI=1S/C33H40F3N3OS/c1-8-10-22-41-31(37-7)30-23-29(33(34,35)36)16-15-28(30)14-13-27-12-11-19-38(20-18-27)32(40)39(24(3)4)21-17-26(6)25(5)9-2/h8,13,15-17,21-23H,3,5-6,9,11-12,14,18-20H2,1-2,4,7H3/b21-17-,27-13-,37-31?. The fraction of sp³-hybridized carbons (Fsp3) is 0.364. The molecule has 0 unspecified atom stereocenters. The van der Waals surface area contributed by atoms with E-state index in [1.165, 1.54) is 34.4 Å². The number of thioether (sulfide) groups is 1. The van der Waals surface area contributed by atoms with Gasteiger partial charge in [0.1, 0.15) is 5.04 Å². The quantitative estimate of drug-likeness (QED) is 0.0954. The molecular weight excluding hydrogens is 543 g/mol. The normalized spacial score (nSPS) is 15.3. The predicted molar refractivity (Wildman–Crippen MR) is 167 cm³/mol. The number of urea groups is 1. The van der Waals surface area contributed by atoms with Gasteiger partial charge in [0.05, 0.1) is 5.56 Å². The van der Waals surface area contributed by atoms with Crippen LogP contribution in [0.4, 0.5) is 18.0 Å². The van der Waals surface area contributed by atoms with E-state index in [2.05, 4.69) is 36.5 Å². The topological polar surface area (TPSA) is 35.9 Å². The van der Waals surface area contributed by atoms with Crippen LogP contribution in [0, 0.1) is 0 Å². The zero-order valence-electron chi connectivity index (χ0n) is 24.5. The third-order valence-electron chi connectivity index (χ3n) is 6.71. The lowest BCUT2D eigenvalue weighted by Crippen LogP contribution is -2.40. The Bertz CT molecular complexity index is 1300. The van der Waals surface area contributed by atoms with Crippen LogP contribution in [0.2, 0.25) is 0 Å². The van der Waals surface area contributed by atoms with Gasteiger partial charge in [-0.1, -0.05) is 56.1 Å². The molecular formula is C33H40F3N3OS. The minimum absolute atomic E-state index is 0.148. The third kappa shape index (κ3) is 10.1. The monoisotopic (exact) mass is 583 g/mol. The number of rotatable bonds is 9. The van der Waals surface area contributed by atoms with Crippen LogP contribution in [-0.4, -0.2) is 41.0 Å². The summed E-state index contributed by atoms with van der Waals surface area (Å²) in [6, 6.07) is 3.68. The Hall–Kier alpha value is -3.48. The van der Waals surface area contributed by atoms with Crippen molar-refractivity contribution in [3.63, 3.8) is 0 Å². The molecule has 1 aromatic rings. The molecule has 0 spiro atoms. The first-order chi connectivity index (χ1) is 19.4. The van der Waals surface area contributed by atoms with Crippen LogP contribution in [0.15, 0.2) is 101 Å². The summed E-state index contributed by atoms with van der Waals surface area (Å²) in [7, 11) is 1.57. The fourth-order valence-corrected chi connectivity index (χ4v) is 4.94. The van der Waals surface area contributed by atoms with Crippen molar-refractivity contribution in [1.29, 1.82) is 0 Å². The Morgan fingerprint density at radius 2 is 1.95 bits per heavy atom. The highest BCUT2D eigenvalue weighted by atomic mass is 32.2. The van der Waals surface area contributed by atoms with Gasteiger partial charge in [0.25, 0.3) is 0 Å². The second kappa shape index (κ2) is 16.1. The summed E-state index contributed by atoms with van der Waals surface area (Å²) >= 11 is 1.24. The lowest BCUT2D eigenvalue weighted by atomic mass is 9.98. The number of benzene rings is 1. The Kier molecular flexibility index (Phi) is 13.2. The first-order valence-corrected chi connectivity index (χ1v) is 14.5. The minimum atomic E-state index is -4.45. The van der Waals surface area contributed by atoms with Gasteiger partial charge >= 0.3 is 12.2 Å². The van der Waals surface area contributed by atoms with Gasteiger partial charge in [-0.25, -0.2) is 4.79 Å². The van der Waals surface area contributed by atoms with Crippen LogP contribution in [0.1, 0.15) is 63.1 Å². The molecule has 2 amide bonds. The number of alkyl halides is 3. The van der Waals surface area contributed by atoms with Crippen molar-refractivity contribution in [2.24, 2.45) is 4.99 Å². The average molecular weight is 584 g/mol. The van der Waals surface area contributed by atoms with Crippen LogP contribution in [0.25, 0.3) is 0 Å². The van der Waals surface area contributed by atoms with Crippen molar-refractivity contribution in [3.8, 4) is 0 Å². The lowest BCUT2D eigenvalue weighted by molar-refractivity contribution is -0.137. The SMILES string of the molecule is C=C(/C=C\N(C(=C)C)C(=O)N1CCC/C(=C/Cc2ccc(C(F)(F)F)cc2C(=NC)SC=C=CC)CC1)C(=C)CC. The van der Waals surface area contributed by atoms with Crippen molar-refractivity contribution in [2.75, 3.05) is 20.1 Å². The zero-order valence-corrected chi connectivity index (χ0v) is 25.3. The number of hydrogen-bond donors (Lipinski definition) is 0. The number of allylic oxidation sites excluding steroid dienone is 6. The molecule has 0 radical (unpaired) electrons. The Labute approximate surface area is 247 Å².